The molecule has 2 saturated heterocycles. The van der Waals surface area contributed by atoms with Gasteiger partial charge in [-0.1, -0.05) is 32.1 Å². The second kappa shape index (κ2) is 15.5. The predicted molar refractivity (Wildman–Crippen MR) is 204 cm³/mol. The summed E-state index contributed by atoms with van der Waals surface area (Å²) in [5.41, 5.74) is -2.24. The average Bonchev–Trinajstić information content (AvgIpc) is 4.00. The highest BCUT2D eigenvalue weighted by atomic mass is 32.2. The van der Waals surface area contributed by atoms with Gasteiger partial charge in [-0.3, -0.25) is 19.1 Å². The smallest absolute Gasteiger partial charge is 0.408 e. The second-order valence-corrected chi connectivity index (χ2v) is 18.3. The second-order valence-electron chi connectivity index (χ2n) is 16.4. The van der Waals surface area contributed by atoms with Crippen LogP contribution in [0.25, 0.3) is 16.6 Å². The maximum absolute atomic E-state index is 14.6. The number of amides is 4. The molecule has 56 heavy (non-hydrogen) atoms. The van der Waals surface area contributed by atoms with Crippen molar-refractivity contribution in [3.63, 3.8) is 0 Å². The van der Waals surface area contributed by atoms with Crippen LogP contribution in [0, 0.1) is 5.92 Å². The molecule has 2 aromatic heterocycles. The Bertz CT molecular complexity index is 2080. The minimum Gasteiger partial charge on any atom is -0.497 e. The number of aromatic nitrogens is 3. The van der Waals surface area contributed by atoms with E-state index in [4.69, 9.17) is 19.2 Å². The molecule has 0 unspecified atom stereocenters. The summed E-state index contributed by atoms with van der Waals surface area (Å²) in [4.78, 5) is 62.1. The molecule has 1 aromatic carbocycles. The first-order chi connectivity index (χ1) is 26.7. The molecule has 2 saturated carbocycles. The lowest BCUT2D eigenvalue weighted by molar-refractivity contribution is -0.141. The normalized spacial score (nSPS) is 26.2. The first kappa shape index (κ1) is 39.3. The average molecular weight is 794 g/mol. The summed E-state index contributed by atoms with van der Waals surface area (Å²) in [6.45, 7) is 5.16. The Morgan fingerprint density at radius 1 is 1.02 bits per heavy atom. The van der Waals surface area contributed by atoms with Crippen LogP contribution in [0.2, 0.25) is 0 Å². The zero-order valence-corrected chi connectivity index (χ0v) is 33.1. The zero-order valence-electron chi connectivity index (χ0n) is 32.3. The van der Waals surface area contributed by atoms with Gasteiger partial charge in [0.1, 0.15) is 35.1 Å². The molecule has 0 radical (unpaired) electrons. The van der Waals surface area contributed by atoms with Gasteiger partial charge in [-0.2, -0.15) is 10.1 Å². The molecule has 4 aliphatic rings. The number of alkyl carbamates (subject to hydrolysis) is 1. The van der Waals surface area contributed by atoms with Crippen molar-refractivity contribution in [2.24, 2.45) is 5.92 Å². The summed E-state index contributed by atoms with van der Waals surface area (Å²) >= 11 is 0. The molecule has 16 nitrogen and oxygen atoms in total. The molecule has 4 heterocycles. The number of carbonyl (C=O) groups is 4. The van der Waals surface area contributed by atoms with Crippen LogP contribution >= 0.6 is 0 Å². The highest BCUT2D eigenvalue weighted by molar-refractivity contribution is 7.91. The molecular formula is C39H51N7O9S. The van der Waals surface area contributed by atoms with Gasteiger partial charge in [0.25, 0.3) is 5.91 Å². The van der Waals surface area contributed by atoms with Crippen LogP contribution in [0.1, 0.15) is 91.4 Å². The Morgan fingerprint density at radius 2 is 1.77 bits per heavy atom. The first-order valence-electron chi connectivity index (χ1n) is 19.5. The summed E-state index contributed by atoms with van der Waals surface area (Å²) in [6.07, 6.45) is 8.09. The predicted octanol–water partition coefficient (Wildman–Crippen LogP) is 3.90. The number of rotatable bonds is 8. The molecule has 17 heteroatoms. The summed E-state index contributed by atoms with van der Waals surface area (Å²) in [5, 5.41) is 10.8. The summed E-state index contributed by atoms with van der Waals surface area (Å²) < 4.78 is 47.2. The van der Waals surface area contributed by atoms with E-state index in [1.54, 1.807) is 57.1 Å². The molecule has 7 rings (SSSR count). The number of hydrogen-bond acceptors (Lipinski definition) is 11. The van der Waals surface area contributed by atoms with Crippen LogP contribution in [0.15, 0.2) is 42.7 Å². The van der Waals surface area contributed by atoms with E-state index >= 15 is 0 Å². The Morgan fingerprint density at radius 3 is 2.46 bits per heavy atom. The van der Waals surface area contributed by atoms with E-state index in [0.717, 1.165) is 31.1 Å². The maximum atomic E-state index is 14.6. The van der Waals surface area contributed by atoms with E-state index in [-0.39, 0.29) is 31.2 Å². The molecule has 4 fully saturated rings. The van der Waals surface area contributed by atoms with E-state index < -0.39 is 68.4 Å². The van der Waals surface area contributed by atoms with Crippen LogP contribution in [0.4, 0.5) is 4.79 Å². The fourth-order valence-corrected chi connectivity index (χ4v) is 9.15. The van der Waals surface area contributed by atoms with E-state index in [2.05, 4.69) is 20.5 Å². The maximum Gasteiger partial charge on any atom is 0.408 e. The number of carbonyl (C=O) groups excluding carboxylic acids is 4. The van der Waals surface area contributed by atoms with Gasteiger partial charge in [0, 0.05) is 24.2 Å². The third-order valence-corrected chi connectivity index (χ3v) is 12.8. The molecule has 4 amide bonds. The first-order valence-corrected chi connectivity index (χ1v) is 21.0. The number of hydrogen-bond donors (Lipinski definition) is 3. The third-order valence-electron chi connectivity index (χ3n) is 10.9. The van der Waals surface area contributed by atoms with Gasteiger partial charge in [0.2, 0.25) is 27.7 Å². The molecule has 3 aromatic rings. The number of ether oxygens (including phenoxy) is 3. The van der Waals surface area contributed by atoms with E-state index in [0.29, 0.717) is 49.1 Å². The van der Waals surface area contributed by atoms with Gasteiger partial charge in [0.05, 0.1) is 18.9 Å². The molecule has 302 valence electrons. The van der Waals surface area contributed by atoms with Gasteiger partial charge >= 0.3 is 6.09 Å². The monoisotopic (exact) mass is 793 g/mol. The van der Waals surface area contributed by atoms with Crippen LogP contribution in [-0.4, -0.2) is 100 Å². The number of pyridine rings is 1. The van der Waals surface area contributed by atoms with Crippen molar-refractivity contribution < 1.29 is 41.8 Å². The number of nitrogens with zero attached hydrogens (tertiary/aromatic N) is 4. The van der Waals surface area contributed by atoms with Crippen LogP contribution in [0.5, 0.6) is 11.6 Å². The van der Waals surface area contributed by atoms with Crippen molar-refractivity contribution in [3.05, 3.63) is 42.7 Å². The minimum atomic E-state index is -3.88. The summed E-state index contributed by atoms with van der Waals surface area (Å²) in [6, 6.07) is 6.94. The number of fused-ring (bicyclic) bond motifs is 3. The lowest BCUT2D eigenvalue weighted by Crippen LogP contribution is -2.58. The third kappa shape index (κ3) is 8.71. The lowest BCUT2D eigenvalue weighted by Gasteiger charge is -2.30. The number of nitrogens with one attached hydrogen (secondary N) is 3. The van der Waals surface area contributed by atoms with E-state index in [1.807, 2.05) is 18.2 Å². The Labute approximate surface area is 326 Å². The Hall–Kier alpha value is -4.93. The van der Waals surface area contributed by atoms with Crippen molar-refractivity contribution in [2.45, 2.75) is 126 Å². The quantitative estimate of drug-likeness (QED) is 0.299. The highest BCUT2D eigenvalue weighted by Crippen LogP contribution is 2.48. The molecule has 3 N–H and O–H groups in total. The van der Waals surface area contributed by atoms with Gasteiger partial charge in [-0.05, 0) is 94.5 Å². The molecule has 5 atom stereocenters. The van der Waals surface area contributed by atoms with Crippen molar-refractivity contribution in [3.8, 4) is 17.4 Å². The number of benzene rings is 1. The largest absolute Gasteiger partial charge is 0.497 e. The Kier molecular flexibility index (Phi) is 10.9. The van der Waals surface area contributed by atoms with Crippen molar-refractivity contribution >= 4 is 44.6 Å². The fraction of sp³-hybridized carbons (Fsp3) is 0.590. The van der Waals surface area contributed by atoms with Crippen molar-refractivity contribution in [2.75, 3.05) is 13.7 Å². The van der Waals surface area contributed by atoms with Crippen LogP contribution in [0.3, 0.4) is 0 Å². The summed E-state index contributed by atoms with van der Waals surface area (Å²) in [5.74, 6) is -0.757. The molecular weight excluding hydrogens is 743 g/mol. The standard InChI is InChI=1S/C39H51N7O9S/c1-38(2,3)55-37(50)41-30-12-9-7-5-6-8-11-25-22-39(25,36(49)44-56(51,52)28-14-15-28)43-33(47)31-21-27(23-45(31)35(30)48)54-34-29-16-13-26(53-4)19-24(29)20-32(42-34)46-18-10-17-40-46/h10,13,16-20,25,27-28,30-31H,5-9,11-12,14-15,21-23H2,1-4H3,(H,41,50)(H,43,47)(H,44,49)/t25-,27-,30+,31+,39-/m1/s1. The topological polar surface area (TPSA) is 200 Å². The van der Waals surface area contributed by atoms with Gasteiger partial charge < -0.3 is 29.7 Å². The van der Waals surface area contributed by atoms with Gasteiger partial charge in [-0.15, -0.1) is 0 Å². The van der Waals surface area contributed by atoms with Gasteiger partial charge in [0.15, 0.2) is 5.82 Å². The van der Waals surface area contributed by atoms with E-state index in [1.165, 1.54) is 4.90 Å². The van der Waals surface area contributed by atoms with Crippen molar-refractivity contribution in [1.29, 1.82) is 0 Å². The van der Waals surface area contributed by atoms with Gasteiger partial charge in [-0.25, -0.2) is 17.9 Å². The minimum absolute atomic E-state index is 0.0325. The van der Waals surface area contributed by atoms with Crippen molar-refractivity contribution in [1.82, 2.24) is 35.0 Å². The van der Waals surface area contributed by atoms with E-state index in [9.17, 15) is 27.6 Å². The lowest BCUT2D eigenvalue weighted by atomic mass is 10.0. The molecule has 2 aliphatic carbocycles. The fourth-order valence-electron chi connectivity index (χ4n) is 7.79. The highest BCUT2D eigenvalue weighted by Gasteiger charge is 2.62. The molecule has 0 spiro atoms. The Balaban J connectivity index is 1.22. The SMILES string of the molecule is COc1ccc2c(O[C@@H]3C[C@H]4C(=O)N[C@]5(C(=O)NS(=O)(=O)C6CC6)C[C@H]5CCCCCCC[C@H](NC(=O)OC(C)(C)C)C(=O)N4C3)nc(-n3cccn3)cc2c1. The van der Waals surface area contributed by atoms with Crippen LogP contribution in [-0.2, 0) is 29.1 Å². The molecule has 2 aliphatic heterocycles. The summed E-state index contributed by atoms with van der Waals surface area (Å²) in [7, 11) is -2.31. The molecule has 0 bridgehead atoms. The zero-order chi connectivity index (χ0) is 39.8. The number of sulfonamides is 1. The number of methoxy groups -OCH3 is 1. The van der Waals surface area contributed by atoms with Crippen LogP contribution < -0.4 is 24.8 Å².